The number of aliphatic carboxylic acids is 1. The van der Waals surface area contributed by atoms with Crippen LogP contribution in [0.1, 0.15) is 18.4 Å². The standard InChI is InChI=1S/C17H20N2O4/c1-23-13-4-5-15-14(8-13)12(9-18-15)7-16(20)19-6-2-3-11(10-19)17(21)22/h4-5,8-9,11,18H,2-3,6-7,10H2,1H3,(H,21,22)/t11-/m0/s1. The second-order valence-corrected chi connectivity index (χ2v) is 5.92. The van der Waals surface area contributed by atoms with Gasteiger partial charge in [-0.1, -0.05) is 0 Å². The monoisotopic (exact) mass is 316 g/mol. The number of carbonyl (C=O) groups is 2. The predicted molar refractivity (Wildman–Crippen MR) is 85.5 cm³/mol. The van der Waals surface area contributed by atoms with Crippen LogP contribution in [0.4, 0.5) is 0 Å². The molecule has 1 atom stereocenters. The Labute approximate surface area is 134 Å². The van der Waals surface area contributed by atoms with E-state index in [-0.39, 0.29) is 12.3 Å². The fraction of sp³-hybridized carbons (Fsp3) is 0.412. The van der Waals surface area contributed by atoms with Crippen LogP contribution < -0.4 is 4.74 Å². The minimum absolute atomic E-state index is 0.0281. The molecule has 0 radical (unpaired) electrons. The van der Waals surface area contributed by atoms with Crippen molar-refractivity contribution in [3.63, 3.8) is 0 Å². The molecule has 3 rings (SSSR count). The summed E-state index contributed by atoms with van der Waals surface area (Å²) in [6, 6.07) is 5.70. The van der Waals surface area contributed by atoms with Gasteiger partial charge in [-0.15, -0.1) is 0 Å². The van der Waals surface area contributed by atoms with Gasteiger partial charge in [-0.3, -0.25) is 9.59 Å². The van der Waals surface area contributed by atoms with Crippen LogP contribution in [-0.2, 0) is 16.0 Å². The van der Waals surface area contributed by atoms with Gasteiger partial charge in [0, 0.05) is 30.2 Å². The lowest BCUT2D eigenvalue weighted by atomic mass is 9.97. The first-order chi connectivity index (χ1) is 11.1. The van der Waals surface area contributed by atoms with Crippen molar-refractivity contribution >= 4 is 22.8 Å². The van der Waals surface area contributed by atoms with Crippen LogP contribution >= 0.6 is 0 Å². The fourth-order valence-electron chi connectivity index (χ4n) is 3.11. The summed E-state index contributed by atoms with van der Waals surface area (Å²) in [7, 11) is 1.61. The summed E-state index contributed by atoms with van der Waals surface area (Å²) in [5.41, 5.74) is 1.86. The lowest BCUT2D eigenvalue weighted by Crippen LogP contribution is -2.42. The number of carboxylic acid groups (broad SMARTS) is 1. The predicted octanol–water partition coefficient (Wildman–Crippen LogP) is 2.04. The van der Waals surface area contributed by atoms with E-state index in [1.54, 1.807) is 12.0 Å². The highest BCUT2D eigenvalue weighted by atomic mass is 16.5. The van der Waals surface area contributed by atoms with E-state index < -0.39 is 11.9 Å². The maximum absolute atomic E-state index is 12.5. The second-order valence-electron chi connectivity index (χ2n) is 5.92. The SMILES string of the molecule is COc1ccc2[nH]cc(CC(=O)N3CCC[C@H](C(=O)O)C3)c2c1. The van der Waals surface area contributed by atoms with Crippen LogP contribution in [-0.4, -0.2) is 47.1 Å². The number of rotatable bonds is 4. The summed E-state index contributed by atoms with van der Waals surface area (Å²) in [6.07, 6.45) is 3.48. The second kappa shape index (κ2) is 6.32. The van der Waals surface area contributed by atoms with E-state index in [9.17, 15) is 9.59 Å². The van der Waals surface area contributed by atoms with Crippen LogP contribution in [0.3, 0.4) is 0 Å². The number of aromatic nitrogens is 1. The molecule has 1 aliphatic heterocycles. The number of nitrogens with zero attached hydrogens (tertiary/aromatic N) is 1. The molecule has 23 heavy (non-hydrogen) atoms. The molecule has 1 fully saturated rings. The van der Waals surface area contributed by atoms with E-state index >= 15 is 0 Å². The van der Waals surface area contributed by atoms with E-state index in [0.29, 0.717) is 19.5 Å². The van der Waals surface area contributed by atoms with Crippen molar-refractivity contribution in [1.29, 1.82) is 0 Å². The fourth-order valence-corrected chi connectivity index (χ4v) is 3.11. The quantitative estimate of drug-likeness (QED) is 0.904. The molecule has 2 heterocycles. The third-order valence-corrected chi connectivity index (χ3v) is 4.44. The molecule has 0 bridgehead atoms. The van der Waals surface area contributed by atoms with Crippen LogP contribution in [0, 0.1) is 5.92 Å². The van der Waals surface area contributed by atoms with Crippen molar-refractivity contribution in [2.75, 3.05) is 20.2 Å². The molecule has 0 unspecified atom stereocenters. The number of hydrogen-bond donors (Lipinski definition) is 2. The number of H-pyrrole nitrogens is 1. The Morgan fingerprint density at radius 3 is 3.00 bits per heavy atom. The van der Waals surface area contributed by atoms with Gasteiger partial charge < -0.3 is 19.7 Å². The van der Waals surface area contributed by atoms with Crippen molar-refractivity contribution in [1.82, 2.24) is 9.88 Å². The Kier molecular flexibility index (Phi) is 4.23. The number of carboxylic acids is 1. The highest BCUT2D eigenvalue weighted by Crippen LogP contribution is 2.25. The molecule has 1 aromatic carbocycles. The van der Waals surface area contributed by atoms with Gasteiger partial charge in [-0.2, -0.15) is 0 Å². The summed E-state index contributed by atoms with van der Waals surface area (Å²) in [5.74, 6) is -0.551. The Balaban J connectivity index is 1.76. The van der Waals surface area contributed by atoms with Crippen LogP contribution in [0.25, 0.3) is 10.9 Å². The number of likely N-dealkylation sites (tertiary alicyclic amines) is 1. The number of amides is 1. The van der Waals surface area contributed by atoms with Crippen LogP contribution in [0.15, 0.2) is 24.4 Å². The zero-order valence-corrected chi connectivity index (χ0v) is 13.0. The topological polar surface area (TPSA) is 82.6 Å². The van der Waals surface area contributed by atoms with Gasteiger partial charge in [0.25, 0.3) is 0 Å². The first-order valence-electron chi connectivity index (χ1n) is 7.73. The lowest BCUT2D eigenvalue weighted by molar-refractivity contribution is -0.145. The number of piperidine rings is 1. The van der Waals surface area contributed by atoms with Gasteiger partial charge in [0.1, 0.15) is 5.75 Å². The highest BCUT2D eigenvalue weighted by molar-refractivity contribution is 5.90. The lowest BCUT2D eigenvalue weighted by Gasteiger charge is -2.30. The van der Waals surface area contributed by atoms with E-state index in [1.807, 2.05) is 24.4 Å². The number of ether oxygens (including phenoxy) is 1. The summed E-state index contributed by atoms with van der Waals surface area (Å²) in [6.45, 7) is 0.939. The number of nitrogens with one attached hydrogen (secondary N) is 1. The molecule has 0 spiro atoms. The summed E-state index contributed by atoms with van der Waals surface area (Å²) >= 11 is 0. The average Bonchev–Trinajstić information content (AvgIpc) is 2.97. The zero-order chi connectivity index (χ0) is 16.4. The molecule has 1 aromatic heterocycles. The van der Waals surface area contributed by atoms with E-state index in [0.717, 1.165) is 28.6 Å². The molecule has 2 N–H and O–H groups in total. The van der Waals surface area contributed by atoms with E-state index in [2.05, 4.69) is 4.98 Å². The number of carbonyl (C=O) groups excluding carboxylic acids is 1. The highest BCUT2D eigenvalue weighted by Gasteiger charge is 2.28. The molecule has 122 valence electrons. The van der Waals surface area contributed by atoms with Gasteiger partial charge >= 0.3 is 5.97 Å². The molecule has 1 saturated heterocycles. The largest absolute Gasteiger partial charge is 0.497 e. The molecular formula is C17H20N2O4. The number of hydrogen-bond acceptors (Lipinski definition) is 3. The minimum atomic E-state index is -0.820. The molecule has 0 aliphatic carbocycles. The van der Waals surface area contributed by atoms with Crippen LogP contribution in [0.5, 0.6) is 5.75 Å². The number of benzene rings is 1. The van der Waals surface area contributed by atoms with Gasteiger partial charge in [0.2, 0.25) is 5.91 Å². The third-order valence-electron chi connectivity index (χ3n) is 4.44. The molecule has 0 saturated carbocycles. The summed E-state index contributed by atoms with van der Waals surface area (Å²) in [5, 5.41) is 10.1. The van der Waals surface area contributed by atoms with E-state index in [4.69, 9.17) is 9.84 Å². The smallest absolute Gasteiger partial charge is 0.308 e. The van der Waals surface area contributed by atoms with Crippen molar-refractivity contribution in [3.8, 4) is 5.75 Å². The van der Waals surface area contributed by atoms with Crippen molar-refractivity contribution in [2.24, 2.45) is 5.92 Å². The average molecular weight is 316 g/mol. The van der Waals surface area contributed by atoms with E-state index in [1.165, 1.54) is 0 Å². The van der Waals surface area contributed by atoms with Gasteiger partial charge in [-0.25, -0.2) is 0 Å². The Hall–Kier alpha value is -2.50. The normalized spacial score (nSPS) is 18.1. The summed E-state index contributed by atoms with van der Waals surface area (Å²) < 4.78 is 5.23. The van der Waals surface area contributed by atoms with Crippen molar-refractivity contribution in [2.45, 2.75) is 19.3 Å². The number of fused-ring (bicyclic) bond motifs is 1. The molecule has 1 aliphatic rings. The maximum atomic E-state index is 12.5. The minimum Gasteiger partial charge on any atom is -0.497 e. The number of methoxy groups -OCH3 is 1. The van der Waals surface area contributed by atoms with Gasteiger partial charge in [0.05, 0.1) is 19.4 Å². The number of aromatic amines is 1. The summed E-state index contributed by atoms with van der Waals surface area (Å²) in [4.78, 5) is 28.5. The Bertz CT molecular complexity index is 737. The molecule has 6 nitrogen and oxygen atoms in total. The zero-order valence-electron chi connectivity index (χ0n) is 13.0. The van der Waals surface area contributed by atoms with Crippen molar-refractivity contribution < 1.29 is 19.4 Å². The molecule has 2 aromatic rings. The van der Waals surface area contributed by atoms with Crippen molar-refractivity contribution in [3.05, 3.63) is 30.0 Å². The molecule has 1 amide bonds. The first-order valence-corrected chi connectivity index (χ1v) is 7.73. The van der Waals surface area contributed by atoms with Gasteiger partial charge in [0.15, 0.2) is 0 Å². The Morgan fingerprint density at radius 2 is 2.26 bits per heavy atom. The molecular weight excluding hydrogens is 296 g/mol. The van der Waals surface area contributed by atoms with Crippen LogP contribution in [0.2, 0.25) is 0 Å². The Morgan fingerprint density at radius 1 is 1.43 bits per heavy atom. The first kappa shape index (κ1) is 15.4. The third kappa shape index (κ3) is 3.16. The maximum Gasteiger partial charge on any atom is 0.308 e. The molecule has 6 heteroatoms. The van der Waals surface area contributed by atoms with Gasteiger partial charge in [-0.05, 0) is 36.6 Å².